The third-order valence-corrected chi connectivity index (χ3v) is 2.58. The van der Waals surface area contributed by atoms with Crippen molar-refractivity contribution < 1.29 is 14.4 Å². The average molecular weight is 233 g/mol. The molecule has 3 amide bonds. The number of primary amides is 1. The largest absolute Gasteiger partial charge is 0.399 e. The fourth-order valence-corrected chi connectivity index (χ4v) is 1.73. The van der Waals surface area contributed by atoms with E-state index in [1.54, 1.807) is 6.07 Å². The average Bonchev–Trinajstić information content (AvgIpc) is 2.49. The SMILES string of the molecule is NC(=O)CCN1C(=O)c2ccc(N)cc2C1=O. The van der Waals surface area contributed by atoms with Crippen molar-refractivity contribution in [2.45, 2.75) is 6.42 Å². The van der Waals surface area contributed by atoms with E-state index >= 15 is 0 Å². The smallest absolute Gasteiger partial charge is 0.261 e. The third-order valence-electron chi connectivity index (χ3n) is 2.58. The highest BCUT2D eigenvalue weighted by molar-refractivity contribution is 6.21. The number of amides is 3. The number of imide groups is 1. The van der Waals surface area contributed by atoms with E-state index in [0.29, 0.717) is 11.3 Å². The second-order valence-corrected chi connectivity index (χ2v) is 3.78. The molecule has 4 N–H and O–H groups in total. The van der Waals surface area contributed by atoms with Crippen LogP contribution in [0.4, 0.5) is 5.69 Å². The molecule has 1 aromatic rings. The van der Waals surface area contributed by atoms with Crippen LogP contribution in [0.15, 0.2) is 18.2 Å². The predicted molar refractivity (Wildman–Crippen MR) is 60.0 cm³/mol. The van der Waals surface area contributed by atoms with Gasteiger partial charge >= 0.3 is 0 Å². The number of hydrogen-bond donors (Lipinski definition) is 2. The summed E-state index contributed by atoms with van der Waals surface area (Å²) in [5.41, 5.74) is 11.5. The summed E-state index contributed by atoms with van der Waals surface area (Å²) in [7, 11) is 0. The molecule has 0 spiro atoms. The molecule has 1 heterocycles. The lowest BCUT2D eigenvalue weighted by molar-refractivity contribution is -0.118. The Morgan fingerprint density at radius 3 is 2.47 bits per heavy atom. The van der Waals surface area contributed by atoms with Crippen LogP contribution in [0.1, 0.15) is 27.1 Å². The molecule has 0 saturated heterocycles. The van der Waals surface area contributed by atoms with Crippen LogP contribution < -0.4 is 11.5 Å². The highest BCUT2D eigenvalue weighted by Gasteiger charge is 2.35. The standard InChI is InChI=1S/C11H11N3O3/c12-6-1-2-7-8(5-6)11(17)14(10(7)16)4-3-9(13)15/h1-2,5H,3-4,12H2,(H2,13,15). The van der Waals surface area contributed by atoms with Gasteiger partial charge in [0.05, 0.1) is 11.1 Å². The monoisotopic (exact) mass is 233 g/mol. The molecule has 0 bridgehead atoms. The normalized spacial score (nSPS) is 14.0. The molecule has 0 unspecified atom stereocenters. The Hall–Kier alpha value is -2.37. The zero-order chi connectivity index (χ0) is 12.6. The Morgan fingerprint density at radius 1 is 1.18 bits per heavy atom. The number of nitrogen functional groups attached to an aromatic ring is 1. The maximum absolute atomic E-state index is 11.9. The van der Waals surface area contributed by atoms with Gasteiger partial charge in [-0.25, -0.2) is 0 Å². The first-order chi connectivity index (χ1) is 8.00. The fraction of sp³-hybridized carbons (Fsp3) is 0.182. The molecule has 6 nitrogen and oxygen atoms in total. The van der Waals surface area contributed by atoms with Crippen LogP contribution in [-0.2, 0) is 4.79 Å². The molecular weight excluding hydrogens is 222 g/mol. The first kappa shape index (κ1) is 11.1. The number of nitrogens with two attached hydrogens (primary N) is 2. The maximum Gasteiger partial charge on any atom is 0.261 e. The lowest BCUT2D eigenvalue weighted by Crippen LogP contribution is -2.33. The van der Waals surface area contributed by atoms with E-state index in [1.165, 1.54) is 12.1 Å². The first-order valence-electron chi connectivity index (χ1n) is 5.04. The van der Waals surface area contributed by atoms with Crippen molar-refractivity contribution in [3.8, 4) is 0 Å². The fourth-order valence-electron chi connectivity index (χ4n) is 1.73. The van der Waals surface area contributed by atoms with Gasteiger partial charge in [-0.3, -0.25) is 19.3 Å². The van der Waals surface area contributed by atoms with E-state index in [9.17, 15) is 14.4 Å². The van der Waals surface area contributed by atoms with Gasteiger partial charge in [-0.2, -0.15) is 0 Å². The van der Waals surface area contributed by atoms with Crippen LogP contribution in [0, 0.1) is 0 Å². The number of fused-ring (bicyclic) bond motifs is 1. The molecule has 1 aliphatic heterocycles. The molecule has 0 aliphatic carbocycles. The van der Waals surface area contributed by atoms with E-state index in [4.69, 9.17) is 11.5 Å². The number of carbonyl (C=O) groups is 3. The predicted octanol–water partition coefficient (Wildman–Crippen LogP) is -0.260. The molecule has 1 aliphatic rings. The summed E-state index contributed by atoms with van der Waals surface area (Å²) in [6, 6.07) is 4.52. The molecule has 88 valence electrons. The molecular formula is C11H11N3O3. The van der Waals surface area contributed by atoms with Crippen molar-refractivity contribution in [3.63, 3.8) is 0 Å². The van der Waals surface area contributed by atoms with Crippen LogP contribution in [0.25, 0.3) is 0 Å². The van der Waals surface area contributed by atoms with Crippen LogP contribution in [-0.4, -0.2) is 29.2 Å². The molecule has 1 aromatic carbocycles. The van der Waals surface area contributed by atoms with Gasteiger partial charge in [0.15, 0.2) is 0 Å². The zero-order valence-corrected chi connectivity index (χ0v) is 8.97. The maximum atomic E-state index is 11.9. The third kappa shape index (κ3) is 1.84. The minimum absolute atomic E-state index is 0.00157. The van der Waals surface area contributed by atoms with Crippen molar-refractivity contribution in [2.75, 3.05) is 12.3 Å². The molecule has 6 heteroatoms. The minimum Gasteiger partial charge on any atom is -0.399 e. The second-order valence-electron chi connectivity index (χ2n) is 3.78. The van der Waals surface area contributed by atoms with E-state index in [1.807, 2.05) is 0 Å². The van der Waals surface area contributed by atoms with Gasteiger partial charge < -0.3 is 11.5 Å². The number of hydrogen-bond acceptors (Lipinski definition) is 4. The highest BCUT2D eigenvalue weighted by atomic mass is 16.2. The Kier molecular flexibility index (Phi) is 2.55. The van der Waals surface area contributed by atoms with Crippen molar-refractivity contribution in [2.24, 2.45) is 5.73 Å². The molecule has 17 heavy (non-hydrogen) atoms. The molecule has 0 saturated carbocycles. The van der Waals surface area contributed by atoms with E-state index in [0.717, 1.165) is 4.90 Å². The van der Waals surface area contributed by atoms with E-state index in [2.05, 4.69) is 0 Å². The zero-order valence-electron chi connectivity index (χ0n) is 8.97. The van der Waals surface area contributed by atoms with Gasteiger partial charge in [-0.05, 0) is 18.2 Å². The highest BCUT2D eigenvalue weighted by Crippen LogP contribution is 2.24. The number of benzene rings is 1. The molecule has 0 aromatic heterocycles. The van der Waals surface area contributed by atoms with Gasteiger partial charge in [0.2, 0.25) is 5.91 Å². The van der Waals surface area contributed by atoms with Gasteiger partial charge in [-0.1, -0.05) is 0 Å². The minimum atomic E-state index is -0.555. The molecule has 0 radical (unpaired) electrons. The van der Waals surface area contributed by atoms with Crippen molar-refractivity contribution in [3.05, 3.63) is 29.3 Å². The number of nitrogens with zero attached hydrogens (tertiary/aromatic N) is 1. The number of anilines is 1. The second kappa shape index (κ2) is 3.89. The summed E-state index contributed by atoms with van der Waals surface area (Å²) >= 11 is 0. The Labute approximate surface area is 97.2 Å². The van der Waals surface area contributed by atoms with Crippen LogP contribution in [0.5, 0.6) is 0 Å². The van der Waals surface area contributed by atoms with E-state index < -0.39 is 17.7 Å². The van der Waals surface area contributed by atoms with Gasteiger partial charge in [-0.15, -0.1) is 0 Å². The van der Waals surface area contributed by atoms with Gasteiger partial charge in [0.25, 0.3) is 11.8 Å². The van der Waals surface area contributed by atoms with Crippen LogP contribution in [0.3, 0.4) is 0 Å². The number of rotatable bonds is 3. The summed E-state index contributed by atoms with van der Waals surface area (Å²) < 4.78 is 0. The summed E-state index contributed by atoms with van der Waals surface area (Å²) in [5.74, 6) is -1.40. The summed E-state index contributed by atoms with van der Waals surface area (Å²) in [4.78, 5) is 35.4. The Balaban J connectivity index is 2.29. The quantitative estimate of drug-likeness (QED) is 0.554. The van der Waals surface area contributed by atoms with Crippen molar-refractivity contribution >= 4 is 23.4 Å². The first-order valence-corrected chi connectivity index (χ1v) is 5.04. The Bertz CT molecular complexity index is 525. The number of carbonyl (C=O) groups excluding carboxylic acids is 3. The van der Waals surface area contributed by atoms with E-state index in [-0.39, 0.29) is 18.5 Å². The van der Waals surface area contributed by atoms with Crippen LogP contribution >= 0.6 is 0 Å². The van der Waals surface area contributed by atoms with Crippen molar-refractivity contribution in [1.29, 1.82) is 0 Å². The Morgan fingerprint density at radius 2 is 1.82 bits per heavy atom. The molecule has 2 rings (SSSR count). The molecule has 0 fully saturated rings. The lowest BCUT2D eigenvalue weighted by Gasteiger charge is -2.11. The van der Waals surface area contributed by atoms with Crippen LogP contribution in [0.2, 0.25) is 0 Å². The van der Waals surface area contributed by atoms with Gasteiger partial charge in [0.1, 0.15) is 0 Å². The van der Waals surface area contributed by atoms with Crippen molar-refractivity contribution in [1.82, 2.24) is 4.90 Å². The summed E-state index contributed by atoms with van der Waals surface area (Å²) in [5, 5.41) is 0. The lowest BCUT2D eigenvalue weighted by atomic mass is 10.1. The topological polar surface area (TPSA) is 106 Å². The summed E-state index contributed by atoms with van der Waals surface area (Å²) in [6.45, 7) is 0.00157. The molecule has 0 atom stereocenters. The summed E-state index contributed by atoms with van der Waals surface area (Å²) in [6.07, 6.45) is -0.0407. The van der Waals surface area contributed by atoms with Gasteiger partial charge in [0, 0.05) is 18.7 Å².